The lowest BCUT2D eigenvalue weighted by Crippen LogP contribution is -2.06. The molecule has 7 nitrogen and oxygen atoms in total. The minimum Gasteiger partial charge on any atom is -0.497 e. The van der Waals surface area contributed by atoms with Crippen LogP contribution in [0.3, 0.4) is 0 Å². The summed E-state index contributed by atoms with van der Waals surface area (Å²) in [5, 5.41) is 14.4. The Morgan fingerprint density at radius 1 is 1.04 bits per heavy atom. The van der Waals surface area contributed by atoms with E-state index < -0.39 is 0 Å². The molecule has 134 valence electrons. The van der Waals surface area contributed by atoms with E-state index in [0.29, 0.717) is 29.8 Å². The highest BCUT2D eigenvalue weighted by Crippen LogP contribution is 2.30. The Hall–Kier alpha value is -3.35. The van der Waals surface area contributed by atoms with E-state index in [1.54, 1.807) is 26.5 Å². The first-order chi connectivity index (χ1) is 12.7. The summed E-state index contributed by atoms with van der Waals surface area (Å²) in [5.74, 6) is 2.35. The van der Waals surface area contributed by atoms with Crippen molar-refractivity contribution in [3.8, 4) is 11.5 Å². The average molecular weight is 351 g/mol. The lowest BCUT2D eigenvalue weighted by Gasteiger charge is -2.12. The Bertz CT molecular complexity index is 885. The highest BCUT2D eigenvalue weighted by Gasteiger charge is 2.08. The number of anilines is 3. The molecule has 0 aliphatic carbocycles. The minimum atomic E-state index is 0.378. The van der Waals surface area contributed by atoms with Crippen molar-refractivity contribution in [1.29, 1.82) is 0 Å². The quantitative estimate of drug-likeness (QED) is 0.673. The molecule has 0 saturated carbocycles. The van der Waals surface area contributed by atoms with Gasteiger partial charge in [-0.15, -0.1) is 5.10 Å². The Kier molecular flexibility index (Phi) is 5.48. The molecule has 2 aromatic carbocycles. The summed E-state index contributed by atoms with van der Waals surface area (Å²) in [5.41, 5.74) is 3.16. The highest BCUT2D eigenvalue weighted by molar-refractivity contribution is 5.64. The van der Waals surface area contributed by atoms with Gasteiger partial charge in [-0.2, -0.15) is 10.1 Å². The molecule has 1 aromatic heterocycles. The third kappa shape index (κ3) is 4.18. The maximum Gasteiger partial charge on any atom is 0.249 e. The average Bonchev–Trinajstić information content (AvgIpc) is 2.68. The van der Waals surface area contributed by atoms with Crippen molar-refractivity contribution in [1.82, 2.24) is 15.2 Å². The second-order valence-electron chi connectivity index (χ2n) is 5.64. The first-order valence-electron chi connectivity index (χ1n) is 8.16. The number of hydrogen-bond donors (Lipinski definition) is 2. The van der Waals surface area contributed by atoms with Crippen LogP contribution >= 0.6 is 0 Å². The molecule has 0 aliphatic heterocycles. The Balaban J connectivity index is 1.72. The predicted octanol–water partition coefficient (Wildman–Crippen LogP) is 3.55. The van der Waals surface area contributed by atoms with Crippen LogP contribution in [0.2, 0.25) is 0 Å². The smallest absolute Gasteiger partial charge is 0.249 e. The van der Waals surface area contributed by atoms with E-state index in [0.717, 1.165) is 5.69 Å². The Morgan fingerprint density at radius 2 is 1.88 bits per heavy atom. The van der Waals surface area contributed by atoms with Gasteiger partial charge in [0.1, 0.15) is 11.5 Å². The van der Waals surface area contributed by atoms with Crippen LogP contribution in [-0.4, -0.2) is 29.4 Å². The van der Waals surface area contributed by atoms with Crippen LogP contribution in [0.5, 0.6) is 11.5 Å². The molecule has 0 saturated heterocycles. The standard InChI is InChI=1S/C19H21N5O2/c1-13-6-4-5-7-14(13)11-20-18-12-21-24-19(23-18)22-16-9-8-15(25-2)10-17(16)26-3/h4-10,12H,11H2,1-3H3,(H2,20,22,23,24). The number of aryl methyl sites for hydroxylation is 1. The summed E-state index contributed by atoms with van der Waals surface area (Å²) in [4.78, 5) is 4.45. The SMILES string of the molecule is COc1ccc(Nc2nncc(NCc3ccccc3C)n2)c(OC)c1. The topological polar surface area (TPSA) is 81.2 Å². The van der Waals surface area contributed by atoms with E-state index in [1.807, 2.05) is 24.3 Å². The van der Waals surface area contributed by atoms with Gasteiger partial charge in [0, 0.05) is 12.6 Å². The molecule has 3 aromatic rings. The van der Waals surface area contributed by atoms with Crippen molar-refractivity contribution in [2.24, 2.45) is 0 Å². The summed E-state index contributed by atoms with van der Waals surface area (Å²) < 4.78 is 10.6. The van der Waals surface area contributed by atoms with Gasteiger partial charge >= 0.3 is 0 Å². The molecule has 7 heteroatoms. The zero-order chi connectivity index (χ0) is 18.4. The van der Waals surface area contributed by atoms with Gasteiger partial charge in [-0.1, -0.05) is 24.3 Å². The van der Waals surface area contributed by atoms with Crippen molar-refractivity contribution >= 4 is 17.5 Å². The number of benzene rings is 2. The monoisotopic (exact) mass is 351 g/mol. The lowest BCUT2D eigenvalue weighted by molar-refractivity contribution is 0.395. The summed E-state index contributed by atoms with van der Waals surface area (Å²) in [7, 11) is 3.21. The third-order valence-electron chi connectivity index (χ3n) is 3.94. The fraction of sp³-hybridized carbons (Fsp3) is 0.211. The van der Waals surface area contributed by atoms with Gasteiger partial charge in [0.2, 0.25) is 5.95 Å². The summed E-state index contributed by atoms with van der Waals surface area (Å²) in [6.07, 6.45) is 1.59. The van der Waals surface area contributed by atoms with Gasteiger partial charge in [-0.3, -0.25) is 0 Å². The fourth-order valence-corrected chi connectivity index (χ4v) is 2.46. The molecular weight excluding hydrogens is 330 g/mol. The maximum absolute atomic E-state index is 5.37. The molecule has 0 bridgehead atoms. The zero-order valence-electron chi connectivity index (χ0n) is 15.0. The van der Waals surface area contributed by atoms with Crippen molar-refractivity contribution in [3.63, 3.8) is 0 Å². The highest BCUT2D eigenvalue weighted by atomic mass is 16.5. The number of nitrogens with one attached hydrogen (secondary N) is 2. The third-order valence-corrected chi connectivity index (χ3v) is 3.94. The van der Waals surface area contributed by atoms with E-state index in [2.05, 4.69) is 44.9 Å². The van der Waals surface area contributed by atoms with Crippen LogP contribution in [-0.2, 0) is 6.54 Å². The van der Waals surface area contributed by atoms with E-state index in [-0.39, 0.29) is 0 Å². The number of methoxy groups -OCH3 is 2. The zero-order valence-corrected chi connectivity index (χ0v) is 15.0. The maximum atomic E-state index is 5.37. The molecule has 0 amide bonds. The van der Waals surface area contributed by atoms with Crippen molar-refractivity contribution in [3.05, 3.63) is 59.8 Å². The molecule has 0 atom stereocenters. The van der Waals surface area contributed by atoms with Gasteiger partial charge < -0.3 is 20.1 Å². The van der Waals surface area contributed by atoms with Crippen LogP contribution in [0.1, 0.15) is 11.1 Å². The predicted molar refractivity (Wildman–Crippen MR) is 101 cm³/mol. The van der Waals surface area contributed by atoms with E-state index in [4.69, 9.17) is 9.47 Å². The number of aromatic nitrogens is 3. The first kappa shape index (κ1) is 17.5. The molecular formula is C19H21N5O2. The molecule has 1 heterocycles. The van der Waals surface area contributed by atoms with E-state index >= 15 is 0 Å². The van der Waals surface area contributed by atoms with Crippen molar-refractivity contribution in [2.75, 3.05) is 24.9 Å². The van der Waals surface area contributed by atoms with Gasteiger partial charge in [0.15, 0.2) is 5.82 Å². The second kappa shape index (κ2) is 8.15. The minimum absolute atomic E-state index is 0.378. The molecule has 0 radical (unpaired) electrons. The van der Waals surface area contributed by atoms with Crippen LogP contribution in [0.25, 0.3) is 0 Å². The van der Waals surface area contributed by atoms with Crippen molar-refractivity contribution in [2.45, 2.75) is 13.5 Å². The summed E-state index contributed by atoms with van der Waals surface area (Å²) in [6, 6.07) is 13.7. The van der Waals surface area contributed by atoms with Gasteiger partial charge in [-0.25, -0.2) is 0 Å². The van der Waals surface area contributed by atoms with Gasteiger partial charge in [-0.05, 0) is 30.2 Å². The number of hydrogen-bond acceptors (Lipinski definition) is 7. The van der Waals surface area contributed by atoms with Crippen LogP contribution in [0.4, 0.5) is 17.5 Å². The van der Waals surface area contributed by atoms with E-state index in [1.165, 1.54) is 11.1 Å². The van der Waals surface area contributed by atoms with Crippen LogP contribution in [0.15, 0.2) is 48.7 Å². The summed E-state index contributed by atoms with van der Waals surface area (Å²) in [6.45, 7) is 2.74. The fourth-order valence-electron chi connectivity index (χ4n) is 2.46. The lowest BCUT2D eigenvalue weighted by atomic mass is 10.1. The van der Waals surface area contributed by atoms with Crippen molar-refractivity contribution < 1.29 is 9.47 Å². The number of ether oxygens (including phenoxy) is 2. The molecule has 0 unspecified atom stereocenters. The van der Waals surface area contributed by atoms with E-state index in [9.17, 15) is 0 Å². The number of nitrogens with zero attached hydrogens (tertiary/aromatic N) is 3. The van der Waals surface area contributed by atoms with Crippen LogP contribution in [0, 0.1) is 6.92 Å². The Labute approximate surface area is 152 Å². The Morgan fingerprint density at radius 3 is 2.65 bits per heavy atom. The van der Waals surface area contributed by atoms with Gasteiger partial charge in [0.25, 0.3) is 0 Å². The molecule has 0 aliphatic rings. The number of rotatable bonds is 7. The second-order valence-corrected chi connectivity index (χ2v) is 5.64. The molecule has 0 spiro atoms. The first-order valence-corrected chi connectivity index (χ1v) is 8.16. The molecule has 26 heavy (non-hydrogen) atoms. The molecule has 2 N–H and O–H groups in total. The summed E-state index contributed by atoms with van der Waals surface area (Å²) >= 11 is 0. The normalized spacial score (nSPS) is 10.3. The molecule has 0 fully saturated rings. The largest absolute Gasteiger partial charge is 0.497 e. The van der Waals surface area contributed by atoms with Gasteiger partial charge in [0.05, 0.1) is 26.1 Å². The molecule has 3 rings (SSSR count). The van der Waals surface area contributed by atoms with Crippen LogP contribution < -0.4 is 20.1 Å².